The second-order valence-corrected chi connectivity index (χ2v) is 10.2. The van der Waals surface area contributed by atoms with E-state index in [1.54, 1.807) is 18.2 Å². The lowest BCUT2D eigenvalue weighted by atomic mass is 9.95. The second kappa shape index (κ2) is 9.81. The molecule has 33 heavy (non-hydrogen) atoms. The summed E-state index contributed by atoms with van der Waals surface area (Å²) < 4.78 is -1.26. The maximum atomic E-state index is 13.0. The quantitative estimate of drug-likeness (QED) is 0.349. The third-order valence-corrected chi connectivity index (χ3v) is 7.11. The number of phenols is 1. The molecule has 3 unspecified atom stereocenters. The van der Waals surface area contributed by atoms with Gasteiger partial charge in [-0.15, -0.1) is 23.2 Å². The zero-order valence-electron chi connectivity index (χ0n) is 18.8. The minimum atomic E-state index is -1.26. The van der Waals surface area contributed by atoms with Gasteiger partial charge in [-0.25, -0.2) is 0 Å². The zero-order valence-corrected chi connectivity index (χ0v) is 21.1. The third-order valence-electron chi connectivity index (χ3n) is 5.75. The smallest absolute Gasteiger partial charge is 0.227 e. The van der Waals surface area contributed by atoms with Crippen LogP contribution < -0.4 is 5.32 Å². The number of hydrogen-bond donors (Lipinski definition) is 2. The van der Waals surface area contributed by atoms with Crippen molar-refractivity contribution in [2.24, 2.45) is 5.92 Å². The van der Waals surface area contributed by atoms with Crippen molar-refractivity contribution in [1.29, 1.82) is 5.26 Å². The summed E-state index contributed by atoms with van der Waals surface area (Å²) in [6, 6.07) is 12.5. The van der Waals surface area contributed by atoms with Crippen LogP contribution in [0.15, 0.2) is 53.6 Å². The van der Waals surface area contributed by atoms with E-state index in [0.717, 1.165) is 16.7 Å². The lowest BCUT2D eigenvalue weighted by Crippen LogP contribution is -2.34. The summed E-state index contributed by atoms with van der Waals surface area (Å²) in [7, 11) is 0. The molecule has 1 saturated carbocycles. The molecule has 7 heteroatoms. The maximum Gasteiger partial charge on any atom is 0.227 e. The van der Waals surface area contributed by atoms with Gasteiger partial charge in [0.05, 0.1) is 11.5 Å². The van der Waals surface area contributed by atoms with E-state index in [4.69, 9.17) is 34.8 Å². The van der Waals surface area contributed by atoms with Gasteiger partial charge in [-0.05, 0) is 62.1 Å². The molecule has 3 rings (SSSR count). The van der Waals surface area contributed by atoms with Crippen molar-refractivity contribution in [2.75, 3.05) is 0 Å². The van der Waals surface area contributed by atoms with E-state index in [-0.39, 0.29) is 11.7 Å². The van der Waals surface area contributed by atoms with E-state index in [2.05, 4.69) is 11.4 Å². The minimum Gasteiger partial charge on any atom is -0.508 e. The van der Waals surface area contributed by atoms with Crippen LogP contribution in [0.4, 0.5) is 0 Å². The first kappa shape index (κ1) is 25.2. The van der Waals surface area contributed by atoms with Crippen LogP contribution >= 0.6 is 34.8 Å². The second-order valence-electron chi connectivity index (χ2n) is 8.36. The molecule has 2 aromatic rings. The van der Waals surface area contributed by atoms with Gasteiger partial charge in [0, 0.05) is 22.6 Å². The van der Waals surface area contributed by atoms with Crippen molar-refractivity contribution in [3.63, 3.8) is 0 Å². The van der Waals surface area contributed by atoms with Gasteiger partial charge in [-0.1, -0.05) is 48.0 Å². The predicted octanol–water partition coefficient (Wildman–Crippen LogP) is 6.50. The van der Waals surface area contributed by atoms with E-state index >= 15 is 0 Å². The van der Waals surface area contributed by atoms with E-state index < -0.39 is 22.2 Å². The first-order valence-electron chi connectivity index (χ1n) is 10.5. The molecule has 1 aliphatic rings. The summed E-state index contributed by atoms with van der Waals surface area (Å²) in [6.45, 7) is 7.35. The van der Waals surface area contributed by atoms with Gasteiger partial charge >= 0.3 is 0 Å². The number of allylic oxidation sites excluding steroid dienone is 3. The van der Waals surface area contributed by atoms with Crippen LogP contribution in [0.3, 0.4) is 0 Å². The first-order valence-corrected chi connectivity index (χ1v) is 11.7. The number of aromatic hydroxyl groups is 1. The molecule has 172 valence electrons. The molecule has 1 amide bonds. The molecular weight excluding hydrogens is 479 g/mol. The first-order chi connectivity index (χ1) is 15.5. The Morgan fingerprint density at radius 1 is 1.27 bits per heavy atom. The van der Waals surface area contributed by atoms with E-state index in [9.17, 15) is 15.2 Å². The highest BCUT2D eigenvalue weighted by atomic mass is 35.5. The van der Waals surface area contributed by atoms with Gasteiger partial charge in [0.2, 0.25) is 5.91 Å². The molecule has 1 aliphatic carbocycles. The van der Waals surface area contributed by atoms with Crippen LogP contribution in [0.25, 0.3) is 5.57 Å². The van der Waals surface area contributed by atoms with Crippen molar-refractivity contribution >= 4 is 46.3 Å². The van der Waals surface area contributed by atoms with Crippen molar-refractivity contribution < 1.29 is 9.90 Å². The highest BCUT2D eigenvalue weighted by Gasteiger charge is 2.67. The summed E-state index contributed by atoms with van der Waals surface area (Å²) in [4.78, 5) is 13.0. The van der Waals surface area contributed by atoms with Crippen LogP contribution in [0.5, 0.6) is 5.75 Å². The Kier molecular flexibility index (Phi) is 7.49. The van der Waals surface area contributed by atoms with Crippen LogP contribution in [0, 0.1) is 31.1 Å². The lowest BCUT2D eigenvalue weighted by Gasteiger charge is -2.15. The monoisotopic (exact) mass is 502 g/mol. The molecular formula is C26H25Cl3N2O2. The number of benzene rings is 2. The molecule has 4 nitrogen and oxygen atoms in total. The fraction of sp³-hybridized carbons (Fsp3) is 0.308. The molecule has 0 spiro atoms. The third kappa shape index (κ3) is 5.22. The van der Waals surface area contributed by atoms with Crippen LogP contribution in [0.2, 0.25) is 0 Å². The number of phenolic OH excluding ortho intramolecular Hbond substituents is 1. The highest BCUT2D eigenvalue weighted by molar-refractivity contribution is 6.53. The summed E-state index contributed by atoms with van der Waals surface area (Å²) in [6.07, 6.45) is 3.56. The molecule has 0 saturated heterocycles. The topological polar surface area (TPSA) is 73.1 Å². The van der Waals surface area contributed by atoms with E-state index in [1.165, 1.54) is 0 Å². The number of carbonyl (C=O) groups excluding carboxylic acids is 1. The zero-order chi connectivity index (χ0) is 24.5. The number of nitrogens with one attached hydrogen (secondary N) is 1. The number of amides is 1. The van der Waals surface area contributed by atoms with Crippen LogP contribution in [-0.2, 0) is 4.79 Å². The maximum absolute atomic E-state index is 13.0. The van der Waals surface area contributed by atoms with E-state index in [1.807, 2.05) is 58.0 Å². The van der Waals surface area contributed by atoms with Crippen molar-refractivity contribution in [2.45, 2.75) is 44.0 Å². The SMILES string of the molecule is C/C=C(Cl)\C(=C/C(C)NC(=O)C1C(c2cc(C)cc(O)c2)C1(Cl)Cl)c1cccc(C)c1C#N. The number of rotatable bonds is 6. The Hall–Kier alpha value is -2.45. The Labute approximate surface area is 209 Å². The van der Waals surface area contributed by atoms with Gasteiger partial charge in [0.25, 0.3) is 0 Å². The van der Waals surface area contributed by atoms with Gasteiger partial charge in [0.1, 0.15) is 16.2 Å². The number of halogens is 3. The minimum absolute atomic E-state index is 0.105. The molecule has 0 heterocycles. The molecule has 0 bridgehead atoms. The molecule has 2 N–H and O–H groups in total. The molecule has 1 fully saturated rings. The Balaban J connectivity index is 1.86. The summed E-state index contributed by atoms with van der Waals surface area (Å²) in [5, 5.41) is 23.0. The summed E-state index contributed by atoms with van der Waals surface area (Å²) in [5.41, 5.74) is 4.31. The lowest BCUT2D eigenvalue weighted by molar-refractivity contribution is -0.122. The van der Waals surface area contributed by atoms with Gasteiger partial charge in [0.15, 0.2) is 0 Å². The number of nitrogens with zero attached hydrogens (tertiary/aromatic N) is 1. The van der Waals surface area contributed by atoms with Gasteiger partial charge in [-0.2, -0.15) is 5.26 Å². The number of hydrogen-bond acceptors (Lipinski definition) is 3. The standard InChI is InChI=1S/C26H25Cl3N2O2/c1-5-22(27)20(19-8-6-7-15(3)21(19)13-30)11-16(4)31-25(33)24-23(26(24,28)29)17-9-14(2)10-18(32)12-17/h5-12,16,23-24,32H,1-4H3,(H,31,33)/b20-11-,22-5+. The Morgan fingerprint density at radius 2 is 1.97 bits per heavy atom. The summed E-state index contributed by atoms with van der Waals surface area (Å²) >= 11 is 19.4. The van der Waals surface area contributed by atoms with Crippen LogP contribution in [-0.4, -0.2) is 21.4 Å². The molecule has 0 aliphatic heterocycles. The highest BCUT2D eigenvalue weighted by Crippen LogP contribution is 2.65. The number of aryl methyl sites for hydroxylation is 2. The van der Waals surface area contributed by atoms with Gasteiger partial charge < -0.3 is 10.4 Å². The van der Waals surface area contributed by atoms with Gasteiger partial charge in [-0.3, -0.25) is 4.79 Å². The fourth-order valence-corrected chi connectivity index (χ4v) is 5.13. The molecule has 3 atom stereocenters. The van der Waals surface area contributed by atoms with Crippen LogP contribution in [0.1, 0.15) is 47.6 Å². The number of carbonyl (C=O) groups is 1. The molecule has 0 radical (unpaired) electrons. The number of nitriles is 1. The average molecular weight is 504 g/mol. The van der Waals surface area contributed by atoms with E-state index in [0.29, 0.717) is 21.7 Å². The largest absolute Gasteiger partial charge is 0.508 e. The van der Waals surface area contributed by atoms with Crippen molar-refractivity contribution in [1.82, 2.24) is 5.32 Å². The molecule has 2 aromatic carbocycles. The average Bonchev–Trinajstić information content (AvgIpc) is 3.32. The Morgan fingerprint density at radius 3 is 2.58 bits per heavy atom. The normalized spacial score (nSPS) is 20.7. The predicted molar refractivity (Wildman–Crippen MR) is 135 cm³/mol. The molecule has 0 aromatic heterocycles. The summed E-state index contributed by atoms with van der Waals surface area (Å²) in [5.74, 6) is -1.28. The van der Waals surface area contributed by atoms with Crippen molar-refractivity contribution in [3.05, 3.63) is 81.4 Å². The fourth-order valence-electron chi connectivity index (χ4n) is 4.14. The number of alkyl halides is 2. The van der Waals surface area contributed by atoms with Crippen molar-refractivity contribution in [3.8, 4) is 11.8 Å². The Bertz CT molecular complexity index is 1170.